The van der Waals surface area contributed by atoms with Crippen molar-refractivity contribution in [2.24, 2.45) is 0 Å². The van der Waals surface area contributed by atoms with E-state index in [2.05, 4.69) is 60.7 Å². The molecule has 0 atom stereocenters. The first-order valence-corrected chi connectivity index (χ1v) is 6.81. The largest absolute Gasteiger partial charge is 0.461 e. The lowest BCUT2D eigenvalue weighted by Gasteiger charge is -2.03. The highest BCUT2D eigenvalue weighted by Gasteiger charge is 2.14. The molecule has 0 aliphatic rings. The van der Waals surface area contributed by atoms with Gasteiger partial charge in [-0.3, -0.25) is 0 Å². The Kier molecular flexibility index (Phi) is 2.40. The van der Waals surface area contributed by atoms with E-state index in [9.17, 15) is 0 Å². The summed E-state index contributed by atoms with van der Waals surface area (Å²) >= 11 is 0. The standard InChI is InChI=1S/C19H14O/c1-13-18(15-8-3-2-4-9-15)19-16-10-6-5-7-14(16)11-12-17(19)20-13/h2-12H,1H3. The second-order valence-corrected chi connectivity index (χ2v) is 5.06. The Morgan fingerprint density at radius 1 is 0.750 bits per heavy atom. The monoisotopic (exact) mass is 258 g/mol. The van der Waals surface area contributed by atoms with Gasteiger partial charge in [0.05, 0.1) is 0 Å². The minimum atomic E-state index is 0.958. The molecule has 4 aromatic rings. The highest BCUT2D eigenvalue weighted by Crippen LogP contribution is 2.38. The third kappa shape index (κ3) is 1.56. The molecule has 4 rings (SSSR count). The molecule has 0 bridgehead atoms. The number of benzene rings is 3. The van der Waals surface area contributed by atoms with Gasteiger partial charge in [-0.05, 0) is 29.3 Å². The van der Waals surface area contributed by atoms with Crippen molar-refractivity contribution in [3.8, 4) is 11.1 Å². The van der Waals surface area contributed by atoms with Gasteiger partial charge in [0, 0.05) is 10.9 Å². The average molecular weight is 258 g/mol. The maximum atomic E-state index is 5.96. The van der Waals surface area contributed by atoms with Crippen LogP contribution in [0.15, 0.2) is 71.1 Å². The van der Waals surface area contributed by atoms with Crippen molar-refractivity contribution in [3.63, 3.8) is 0 Å². The lowest BCUT2D eigenvalue weighted by atomic mass is 9.98. The lowest BCUT2D eigenvalue weighted by Crippen LogP contribution is -1.79. The maximum absolute atomic E-state index is 5.96. The molecule has 1 nitrogen and oxygen atoms in total. The quantitative estimate of drug-likeness (QED) is 0.435. The lowest BCUT2D eigenvalue weighted by molar-refractivity contribution is 0.580. The second kappa shape index (κ2) is 4.24. The fraction of sp³-hybridized carbons (Fsp3) is 0.0526. The Labute approximate surface area is 117 Å². The van der Waals surface area contributed by atoms with E-state index in [0.29, 0.717) is 0 Å². The van der Waals surface area contributed by atoms with Crippen molar-refractivity contribution in [1.29, 1.82) is 0 Å². The van der Waals surface area contributed by atoms with E-state index in [4.69, 9.17) is 4.42 Å². The first-order chi connectivity index (χ1) is 9.84. The van der Waals surface area contributed by atoms with E-state index < -0.39 is 0 Å². The van der Waals surface area contributed by atoms with Crippen LogP contribution in [0, 0.1) is 6.92 Å². The molecular formula is C19H14O. The van der Waals surface area contributed by atoms with Gasteiger partial charge in [-0.1, -0.05) is 60.7 Å². The summed E-state index contributed by atoms with van der Waals surface area (Å²) in [4.78, 5) is 0. The van der Waals surface area contributed by atoms with E-state index in [-0.39, 0.29) is 0 Å². The van der Waals surface area contributed by atoms with Crippen LogP contribution in [0.2, 0.25) is 0 Å². The second-order valence-electron chi connectivity index (χ2n) is 5.06. The van der Waals surface area contributed by atoms with Crippen molar-refractivity contribution in [2.45, 2.75) is 6.92 Å². The molecule has 3 aromatic carbocycles. The van der Waals surface area contributed by atoms with Crippen molar-refractivity contribution >= 4 is 21.7 Å². The summed E-state index contributed by atoms with van der Waals surface area (Å²) in [7, 11) is 0. The van der Waals surface area contributed by atoms with Crippen LogP contribution in [0.1, 0.15) is 5.76 Å². The summed E-state index contributed by atoms with van der Waals surface area (Å²) in [5, 5.41) is 3.71. The van der Waals surface area contributed by atoms with E-state index in [1.807, 2.05) is 13.0 Å². The number of hydrogen-bond donors (Lipinski definition) is 0. The van der Waals surface area contributed by atoms with Crippen LogP contribution in [0.5, 0.6) is 0 Å². The van der Waals surface area contributed by atoms with E-state index in [1.165, 1.54) is 27.3 Å². The summed E-state index contributed by atoms with van der Waals surface area (Å²) in [5.74, 6) is 0.975. The van der Waals surface area contributed by atoms with Gasteiger partial charge in [-0.25, -0.2) is 0 Å². The fourth-order valence-corrected chi connectivity index (χ4v) is 2.94. The predicted molar refractivity (Wildman–Crippen MR) is 83.9 cm³/mol. The summed E-state index contributed by atoms with van der Waals surface area (Å²) in [5.41, 5.74) is 3.37. The normalized spacial score (nSPS) is 11.2. The average Bonchev–Trinajstić information content (AvgIpc) is 2.84. The molecular weight excluding hydrogens is 244 g/mol. The summed E-state index contributed by atoms with van der Waals surface area (Å²) < 4.78 is 5.96. The molecule has 0 spiro atoms. The number of furan rings is 1. The summed E-state index contributed by atoms with van der Waals surface area (Å²) in [6.07, 6.45) is 0. The van der Waals surface area contributed by atoms with Crippen LogP contribution in [-0.4, -0.2) is 0 Å². The van der Waals surface area contributed by atoms with Gasteiger partial charge in [0.25, 0.3) is 0 Å². The number of hydrogen-bond acceptors (Lipinski definition) is 1. The van der Waals surface area contributed by atoms with Crippen molar-refractivity contribution in [3.05, 3.63) is 72.5 Å². The zero-order valence-electron chi connectivity index (χ0n) is 11.3. The van der Waals surface area contributed by atoms with Gasteiger partial charge >= 0.3 is 0 Å². The summed E-state index contributed by atoms with van der Waals surface area (Å²) in [6.45, 7) is 2.04. The molecule has 0 unspecified atom stereocenters. The van der Waals surface area contributed by atoms with Gasteiger partial charge in [-0.15, -0.1) is 0 Å². The molecule has 1 heteroatoms. The summed E-state index contributed by atoms with van der Waals surface area (Å²) in [6, 6.07) is 23.1. The van der Waals surface area contributed by atoms with Crippen LogP contribution < -0.4 is 0 Å². The zero-order valence-corrected chi connectivity index (χ0v) is 11.3. The Hall–Kier alpha value is -2.54. The predicted octanol–water partition coefficient (Wildman–Crippen LogP) is 5.56. The molecule has 1 aromatic heterocycles. The third-order valence-electron chi connectivity index (χ3n) is 3.82. The van der Waals surface area contributed by atoms with Crippen LogP contribution in [0.25, 0.3) is 32.9 Å². The van der Waals surface area contributed by atoms with Gasteiger partial charge in [0.15, 0.2) is 0 Å². The minimum Gasteiger partial charge on any atom is -0.461 e. The minimum absolute atomic E-state index is 0.958. The van der Waals surface area contributed by atoms with E-state index in [0.717, 1.165) is 11.3 Å². The van der Waals surface area contributed by atoms with Crippen molar-refractivity contribution in [1.82, 2.24) is 0 Å². The van der Waals surface area contributed by atoms with Crippen LogP contribution >= 0.6 is 0 Å². The molecule has 0 amide bonds. The first kappa shape index (κ1) is 11.3. The number of aryl methyl sites for hydroxylation is 1. The Bertz CT molecular complexity index is 901. The fourth-order valence-electron chi connectivity index (χ4n) is 2.94. The molecule has 20 heavy (non-hydrogen) atoms. The van der Waals surface area contributed by atoms with Gasteiger partial charge in [0.2, 0.25) is 0 Å². The highest BCUT2D eigenvalue weighted by atomic mass is 16.3. The van der Waals surface area contributed by atoms with Crippen LogP contribution in [-0.2, 0) is 0 Å². The third-order valence-corrected chi connectivity index (χ3v) is 3.82. The molecule has 1 heterocycles. The number of rotatable bonds is 1. The Morgan fingerprint density at radius 3 is 2.35 bits per heavy atom. The molecule has 0 aliphatic heterocycles. The van der Waals surface area contributed by atoms with Gasteiger partial charge in [-0.2, -0.15) is 0 Å². The smallest absolute Gasteiger partial charge is 0.135 e. The van der Waals surface area contributed by atoms with Gasteiger partial charge in [0.1, 0.15) is 11.3 Å². The first-order valence-electron chi connectivity index (χ1n) is 6.81. The van der Waals surface area contributed by atoms with E-state index >= 15 is 0 Å². The molecule has 96 valence electrons. The Morgan fingerprint density at radius 2 is 1.50 bits per heavy atom. The maximum Gasteiger partial charge on any atom is 0.135 e. The molecule has 0 aliphatic carbocycles. The van der Waals surface area contributed by atoms with Crippen molar-refractivity contribution < 1.29 is 4.42 Å². The highest BCUT2D eigenvalue weighted by molar-refractivity contribution is 6.13. The zero-order chi connectivity index (χ0) is 13.5. The van der Waals surface area contributed by atoms with E-state index in [1.54, 1.807) is 0 Å². The SMILES string of the molecule is Cc1oc2ccc3ccccc3c2c1-c1ccccc1. The molecule has 0 fully saturated rings. The van der Waals surface area contributed by atoms with Crippen LogP contribution in [0.4, 0.5) is 0 Å². The number of fused-ring (bicyclic) bond motifs is 3. The molecule has 0 radical (unpaired) electrons. The molecule has 0 saturated carbocycles. The van der Waals surface area contributed by atoms with Crippen LogP contribution in [0.3, 0.4) is 0 Å². The van der Waals surface area contributed by atoms with Crippen molar-refractivity contribution in [2.75, 3.05) is 0 Å². The van der Waals surface area contributed by atoms with Gasteiger partial charge < -0.3 is 4.42 Å². The Balaban J connectivity index is 2.20. The molecule has 0 N–H and O–H groups in total. The topological polar surface area (TPSA) is 13.1 Å². The molecule has 0 saturated heterocycles.